The second kappa shape index (κ2) is 5.26. The van der Waals surface area contributed by atoms with Crippen molar-refractivity contribution in [2.45, 2.75) is 25.8 Å². The van der Waals surface area contributed by atoms with Crippen LogP contribution in [-0.4, -0.2) is 7.05 Å². The summed E-state index contributed by atoms with van der Waals surface area (Å²) in [4.78, 5) is 1.99. The average Bonchev–Trinajstić information content (AvgIpc) is 3.13. The van der Waals surface area contributed by atoms with E-state index in [2.05, 4.69) is 5.32 Å². The lowest BCUT2D eigenvalue weighted by Crippen LogP contribution is -2.16. The van der Waals surface area contributed by atoms with Gasteiger partial charge in [-0.05, 0) is 62.6 Å². The van der Waals surface area contributed by atoms with Crippen molar-refractivity contribution in [1.29, 1.82) is 0 Å². The van der Waals surface area contributed by atoms with Crippen LogP contribution in [0.2, 0.25) is 0 Å². The van der Waals surface area contributed by atoms with Crippen molar-refractivity contribution in [2.24, 2.45) is 5.92 Å². The molecule has 0 saturated heterocycles. The molecule has 3 rings (SSSR count). The highest BCUT2D eigenvalue weighted by atomic mass is 32.1. The molecule has 0 amide bonds. The maximum Gasteiger partial charge on any atom is 0.132 e. The molecule has 1 saturated carbocycles. The van der Waals surface area contributed by atoms with Gasteiger partial charge in [0.25, 0.3) is 0 Å². The van der Waals surface area contributed by atoms with Crippen LogP contribution in [0.15, 0.2) is 24.3 Å². The van der Waals surface area contributed by atoms with E-state index < -0.39 is 0 Å². The van der Waals surface area contributed by atoms with E-state index in [0.29, 0.717) is 23.1 Å². The van der Waals surface area contributed by atoms with Gasteiger partial charge in [-0.2, -0.15) is 0 Å². The number of nitrogens with one attached hydrogen (secondary N) is 1. The molecule has 0 bridgehead atoms. The van der Waals surface area contributed by atoms with Crippen LogP contribution < -0.4 is 5.32 Å². The number of hydrogen-bond donors (Lipinski definition) is 1. The van der Waals surface area contributed by atoms with Crippen LogP contribution in [0.3, 0.4) is 0 Å². The maximum absolute atomic E-state index is 14.0. The molecule has 1 aliphatic rings. The molecule has 1 aromatic heterocycles. The molecule has 20 heavy (non-hydrogen) atoms. The van der Waals surface area contributed by atoms with E-state index in [1.165, 1.54) is 29.9 Å². The number of benzene rings is 1. The number of rotatable bonds is 4. The summed E-state index contributed by atoms with van der Waals surface area (Å²) in [6.45, 7) is 1.58. The molecule has 106 valence electrons. The Labute approximate surface area is 121 Å². The van der Waals surface area contributed by atoms with Crippen molar-refractivity contribution in [3.05, 3.63) is 46.3 Å². The van der Waals surface area contributed by atoms with E-state index in [1.807, 2.05) is 19.2 Å². The van der Waals surface area contributed by atoms with Gasteiger partial charge in [0.2, 0.25) is 0 Å². The van der Waals surface area contributed by atoms with E-state index in [-0.39, 0.29) is 11.6 Å². The molecule has 0 spiro atoms. The Morgan fingerprint density at radius 2 is 1.95 bits per heavy atom. The highest BCUT2D eigenvalue weighted by Gasteiger charge is 2.32. The van der Waals surface area contributed by atoms with E-state index >= 15 is 0 Å². The van der Waals surface area contributed by atoms with Gasteiger partial charge in [-0.25, -0.2) is 8.78 Å². The van der Waals surface area contributed by atoms with Gasteiger partial charge in [-0.15, -0.1) is 11.3 Å². The van der Waals surface area contributed by atoms with E-state index in [1.54, 1.807) is 18.3 Å². The molecule has 0 radical (unpaired) electrons. The fraction of sp³-hybridized carbons (Fsp3) is 0.375. The number of halogens is 2. The monoisotopic (exact) mass is 293 g/mol. The summed E-state index contributed by atoms with van der Waals surface area (Å²) in [6, 6.07) is 6.81. The predicted molar refractivity (Wildman–Crippen MR) is 78.9 cm³/mol. The summed E-state index contributed by atoms with van der Waals surface area (Å²) in [5.41, 5.74) is 0.698. The summed E-state index contributed by atoms with van der Waals surface area (Å²) < 4.78 is 27.6. The Morgan fingerprint density at radius 1 is 1.20 bits per heavy atom. The topological polar surface area (TPSA) is 12.0 Å². The van der Waals surface area contributed by atoms with Gasteiger partial charge in [0.05, 0.1) is 0 Å². The zero-order valence-electron chi connectivity index (χ0n) is 11.5. The van der Waals surface area contributed by atoms with Crippen molar-refractivity contribution in [3.8, 4) is 10.4 Å². The summed E-state index contributed by atoms with van der Waals surface area (Å²) in [7, 11) is 1.95. The molecular weight excluding hydrogens is 276 g/mol. The molecule has 1 N–H and O–H groups in total. The van der Waals surface area contributed by atoms with Crippen LogP contribution in [0.5, 0.6) is 0 Å². The van der Waals surface area contributed by atoms with Gasteiger partial charge in [-0.1, -0.05) is 0 Å². The van der Waals surface area contributed by atoms with Crippen molar-refractivity contribution in [3.63, 3.8) is 0 Å². The van der Waals surface area contributed by atoms with Gasteiger partial charge in [0.15, 0.2) is 0 Å². The van der Waals surface area contributed by atoms with Gasteiger partial charge in [0, 0.05) is 21.4 Å². The minimum atomic E-state index is -0.358. The normalized spacial score (nSPS) is 16.4. The smallest absolute Gasteiger partial charge is 0.132 e. The first-order chi connectivity index (χ1) is 9.60. The second-order valence-electron chi connectivity index (χ2n) is 5.39. The molecular formula is C16H17F2NS. The Bertz CT molecular complexity index is 631. The molecule has 2 aromatic rings. The molecule has 4 heteroatoms. The van der Waals surface area contributed by atoms with E-state index in [4.69, 9.17) is 0 Å². The molecule has 1 nitrogen and oxygen atoms in total. The Hall–Kier alpha value is -1.26. The van der Waals surface area contributed by atoms with E-state index in [0.717, 1.165) is 4.88 Å². The third-order valence-corrected chi connectivity index (χ3v) is 5.05. The molecule has 1 aliphatic carbocycles. The van der Waals surface area contributed by atoms with E-state index in [9.17, 15) is 8.78 Å². The number of aryl methyl sites for hydroxylation is 1. The van der Waals surface area contributed by atoms with Crippen molar-refractivity contribution < 1.29 is 8.78 Å². The van der Waals surface area contributed by atoms with Gasteiger partial charge in [-0.3, -0.25) is 0 Å². The zero-order chi connectivity index (χ0) is 14.3. The first-order valence-corrected chi connectivity index (χ1v) is 7.65. The second-order valence-corrected chi connectivity index (χ2v) is 6.50. The third kappa shape index (κ3) is 2.50. The van der Waals surface area contributed by atoms with Crippen LogP contribution in [0, 0.1) is 24.5 Å². The molecule has 1 fully saturated rings. The van der Waals surface area contributed by atoms with Crippen LogP contribution in [-0.2, 0) is 0 Å². The Kier molecular flexibility index (Phi) is 3.61. The Morgan fingerprint density at radius 3 is 2.60 bits per heavy atom. The van der Waals surface area contributed by atoms with Crippen molar-refractivity contribution in [1.82, 2.24) is 5.32 Å². The van der Waals surface area contributed by atoms with Gasteiger partial charge >= 0.3 is 0 Å². The lowest BCUT2D eigenvalue weighted by molar-refractivity contribution is 0.537. The van der Waals surface area contributed by atoms with Crippen LogP contribution in [0.1, 0.15) is 29.3 Å². The minimum absolute atomic E-state index is 0.340. The fourth-order valence-corrected chi connectivity index (χ4v) is 3.77. The lowest BCUT2D eigenvalue weighted by atomic mass is 10.1. The van der Waals surface area contributed by atoms with Crippen LogP contribution in [0.25, 0.3) is 10.4 Å². The third-order valence-electron chi connectivity index (χ3n) is 3.85. The first kappa shape index (κ1) is 13.7. The quantitative estimate of drug-likeness (QED) is 0.863. The minimum Gasteiger partial charge on any atom is -0.312 e. The molecule has 1 atom stereocenters. The average molecular weight is 293 g/mol. The van der Waals surface area contributed by atoms with Crippen molar-refractivity contribution >= 4 is 11.3 Å². The highest BCUT2D eigenvalue weighted by Crippen LogP contribution is 2.44. The maximum atomic E-state index is 14.0. The van der Waals surface area contributed by atoms with Crippen LogP contribution in [0.4, 0.5) is 8.78 Å². The molecule has 0 aliphatic heterocycles. The predicted octanol–water partition coefficient (Wildman–Crippen LogP) is 4.67. The number of hydrogen-bond acceptors (Lipinski definition) is 2. The summed E-state index contributed by atoms with van der Waals surface area (Å²) in [5.74, 6) is -0.0282. The van der Waals surface area contributed by atoms with Gasteiger partial charge < -0.3 is 5.32 Å². The first-order valence-electron chi connectivity index (χ1n) is 6.83. The number of thiophene rings is 1. The molecule has 1 unspecified atom stereocenters. The largest absolute Gasteiger partial charge is 0.312 e. The summed E-state index contributed by atoms with van der Waals surface area (Å²) in [5, 5.41) is 3.32. The van der Waals surface area contributed by atoms with Crippen LogP contribution >= 0.6 is 11.3 Å². The van der Waals surface area contributed by atoms with Crippen molar-refractivity contribution in [2.75, 3.05) is 7.05 Å². The summed E-state index contributed by atoms with van der Waals surface area (Å²) >= 11 is 1.55. The summed E-state index contributed by atoms with van der Waals surface area (Å²) in [6.07, 6.45) is 2.48. The lowest BCUT2D eigenvalue weighted by Gasteiger charge is -2.12. The molecule has 1 aromatic carbocycles. The Balaban J connectivity index is 1.95. The highest BCUT2D eigenvalue weighted by molar-refractivity contribution is 7.15. The van der Waals surface area contributed by atoms with Gasteiger partial charge in [0.1, 0.15) is 11.6 Å². The SMILES string of the molecule is CNC(c1ccc(-c2cc(F)c(C)cc2F)s1)C1CC1. The standard InChI is InChI=1S/C16H17F2NS/c1-9-7-13(18)11(8-12(9)17)14-5-6-15(20-14)16(19-2)10-3-4-10/h5-8,10,16,19H,3-4H2,1-2H3. The fourth-order valence-electron chi connectivity index (χ4n) is 2.54. The zero-order valence-corrected chi connectivity index (χ0v) is 12.4. The molecule has 1 heterocycles.